The van der Waals surface area contributed by atoms with Gasteiger partial charge in [0, 0.05) is 74.6 Å². The van der Waals surface area contributed by atoms with Crippen molar-refractivity contribution in [3.05, 3.63) is 70.8 Å². The number of rotatable bonds is 0. The molecule has 0 aliphatic carbocycles. The maximum absolute atomic E-state index is 3.78. The van der Waals surface area contributed by atoms with Gasteiger partial charge in [-0.1, -0.05) is 42.5 Å². The number of hydrogen-bond donors (Lipinski definition) is 8. The Bertz CT molecular complexity index is 900. The molecule has 0 radical (unpaired) electrons. The lowest BCUT2D eigenvalue weighted by molar-refractivity contribution is -0.915. The lowest BCUT2D eigenvalue weighted by Crippen LogP contribution is -3.13. The molecule has 7 aliphatic heterocycles. The molecule has 8 nitrogen and oxygen atoms in total. The van der Waals surface area contributed by atoms with Gasteiger partial charge >= 0.3 is 0 Å². The van der Waals surface area contributed by atoms with Crippen LogP contribution in [0, 0.1) is 0 Å². The summed E-state index contributed by atoms with van der Waals surface area (Å²) < 4.78 is 0. The summed E-state index contributed by atoms with van der Waals surface area (Å²) in [6.07, 6.45) is 0. The Balaban J connectivity index is 0.00000242. The van der Waals surface area contributed by atoms with E-state index in [0.29, 0.717) is 0 Å². The zero-order valence-electron chi connectivity index (χ0n) is 26.3. The van der Waals surface area contributed by atoms with E-state index in [1.165, 1.54) is 74.6 Å². The molecule has 2 aromatic rings. The Morgan fingerprint density at radius 3 is 0.864 bits per heavy atom. The van der Waals surface area contributed by atoms with Crippen LogP contribution < -0.4 is 109 Å². The van der Waals surface area contributed by atoms with Crippen molar-refractivity contribution in [3.63, 3.8) is 0 Å². The van der Waals surface area contributed by atoms with Gasteiger partial charge in [0.1, 0.15) is 26.2 Å². The van der Waals surface area contributed by atoms with Crippen molar-refractivity contribution < 1.29 is 87.5 Å². The molecule has 2 fully saturated rings. The third-order valence-corrected chi connectivity index (χ3v) is 9.07. The lowest BCUT2D eigenvalue weighted by atomic mass is 10.1. The molecule has 0 spiro atoms. The zero-order chi connectivity index (χ0) is 27.2. The summed E-state index contributed by atoms with van der Waals surface area (Å²) >= 11 is 0. The fraction of sp³-hybridized carbons (Fsp3) is 0.625. The minimum Gasteiger partial charge on any atom is -1.00 e. The van der Waals surface area contributed by atoms with Gasteiger partial charge in [-0.25, -0.2) is 0 Å². The first-order valence-electron chi connectivity index (χ1n) is 16.1. The van der Waals surface area contributed by atoms with Crippen molar-refractivity contribution in [1.82, 2.24) is 21.3 Å². The predicted octanol–water partition coefficient (Wildman–Crippen LogP) is -16.7. The van der Waals surface area contributed by atoms with E-state index in [1.54, 1.807) is 19.6 Å². The number of hydrogen-bond acceptors (Lipinski definition) is 4. The maximum atomic E-state index is 3.78. The van der Waals surface area contributed by atoms with Crippen LogP contribution in [0.5, 0.6) is 0 Å². The van der Waals surface area contributed by atoms with Gasteiger partial charge in [0.25, 0.3) is 0 Å². The van der Waals surface area contributed by atoms with E-state index in [0.717, 1.165) is 78.5 Å². The summed E-state index contributed by atoms with van der Waals surface area (Å²) in [7, 11) is 0. The summed E-state index contributed by atoms with van der Waals surface area (Å²) in [6.45, 7) is 22.6. The van der Waals surface area contributed by atoms with Gasteiger partial charge in [-0.15, -0.1) is 0 Å². The van der Waals surface area contributed by atoms with Gasteiger partial charge in [0.15, 0.2) is 0 Å². The molecule has 2 aromatic carbocycles. The Morgan fingerprint density at radius 1 is 0.341 bits per heavy atom. The summed E-state index contributed by atoms with van der Waals surface area (Å²) in [5.74, 6) is 0. The summed E-state index contributed by atoms with van der Waals surface area (Å²) in [6, 6.07) is 19.0. The average Bonchev–Trinajstić information content (AvgIpc) is 2.94. The Kier molecular flexibility index (Phi) is 23.2. The second kappa shape index (κ2) is 24.2. The number of benzene rings is 2. The molecule has 8 N–H and O–H groups in total. The van der Waals surface area contributed by atoms with Crippen molar-refractivity contribution in [3.8, 4) is 0 Å². The fourth-order valence-corrected chi connectivity index (χ4v) is 6.61. The van der Waals surface area contributed by atoms with Crippen molar-refractivity contribution in [2.24, 2.45) is 0 Å². The second-order valence-electron chi connectivity index (χ2n) is 12.3. The van der Waals surface area contributed by atoms with E-state index in [1.807, 2.05) is 0 Å². The standard InChI is InChI=1S/C32H52N8.4BrH/c1-2-31-24-32(3-1)28-40-22-14-35-10-18-38(19-11-36-15-23-40)26-30-6-4-29(5-7-30)25-37-16-8-33-12-20-39(27-31)21-13-34-9-17-37;;;;/h1-7,24,33-36H,8-23,25-28H2;4*1H. The van der Waals surface area contributed by atoms with Crippen molar-refractivity contribution >= 4 is 0 Å². The van der Waals surface area contributed by atoms with Gasteiger partial charge in [0.05, 0.1) is 52.4 Å². The highest BCUT2D eigenvalue weighted by Crippen LogP contribution is 2.04. The van der Waals surface area contributed by atoms with E-state index in [9.17, 15) is 0 Å². The smallest absolute Gasteiger partial charge is 0.103 e. The van der Waals surface area contributed by atoms with Crippen LogP contribution in [0.3, 0.4) is 0 Å². The van der Waals surface area contributed by atoms with Crippen molar-refractivity contribution in [2.75, 3.05) is 105 Å². The third-order valence-electron chi connectivity index (χ3n) is 9.07. The topological polar surface area (TPSA) is 65.9 Å². The van der Waals surface area contributed by atoms with Crippen molar-refractivity contribution in [2.45, 2.75) is 26.2 Å². The first-order chi connectivity index (χ1) is 19.8. The molecular weight excluding hydrogens is 816 g/mol. The molecule has 252 valence electrons. The maximum Gasteiger partial charge on any atom is 0.103 e. The van der Waals surface area contributed by atoms with Crippen molar-refractivity contribution in [1.29, 1.82) is 0 Å². The van der Waals surface area contributed by atoms with Crippen LogP contribution in [0.15, 0.2) is 48.5 Å². The number of halogens is 4. The van der Waals surface area contributed by atoms with Crippen LogP contribution in [-0.4, -0.2) is 105 Å². The van der Waals surface area contributed by atoms with Gasteiger partial charge in [-0.05, 0) is 6.07 Å². The predicted molar refractivity (Wildman–Crippen MR) is 162 cm³/mol. The molecule has 8 bridgehead atoms. The van der Waals surface area contributed by atoms with Gasteiger partial charge in [-0.3, -0.25) is 0 Å². The quantitative estimate of drug-likeness (QED) is 0.136. The zero-order valence-corrected chi connectivity index (χ0v) is 32.6. The molecule has 0 saturated carbocycles. The highest BCUT2D eigenvalue weighted by molar-refractivity contribution is 5.22. The normalized spacial score (nSPS) is 26.0. The van der Waals surface area contributed by atoms with Gasteiger partial charge < -0.3 is 109 Å². The molecule has 7 aliphatic rings. The number of quaternary nitrogens is 4. The highest BCUT2D eigenvalue weighted by Gasteiger charge is 2.17. The minimum absolute atomic E-state index is 0. The number of nitrogens with one attached hydrogen (secondary N) is 8. The average molecular weight is 872 g/mol. The summed E-state index contributed by atoms with van der Waals surface area (Å²) in [4.78, 5) is 6.70. The molecule has 2 saturated heterocycles. The second-order valence-corrected chi connectivity index (χ2v) is 12.3. The van der Waals surface area contributed by atoms with Gasteiger partial charge in [0.2, 0.25) is 0 Å². The minimum atomic E-state index is 0. The monoisotopic (exact) mass is 868 g/mol. The summed E-state index contributed by atoms with van der Waals surface area (Å²) in [5, 5.41) is 15.1. The van der Waals surface area contributed by atoms with E-state index < -0.39 is 0 Å². The van der Waals surface area contributed by atoms with Gasteiger partial charge in [-0.2, -0.15) is 0 Å². The van der Waals surface area contributed by atoms with Crippen LogP contribution in [-0.2, 0) is 26.2 Å². The highest BCUT2D eigenvalue weighted by atomic mass is 79.9. The number of fused-ring (bicyclic) bond motifs is 1. The Labute approximate surface area is 308 Å². The Hall–Kier alpha value is 0.0400. The van der Waals surface area contributed by atoms with Crippen LogP contribution in [0.2, 0.25) is 0 Å². The molecule has 7 heterocycles. The molecule has 0 aromatic heterocycles. The molecule has 0 amide bonds. The van der Waals surface area contributed by atoms with Crippen LogP contribution >= 0.6 is 0 Å². The van der Waals surface area contributed by atoms with E-state index >= 15 is 0 Å². The van der Waals surface area contributed by atoms with Crippen LogP contribution in [0.1, 0.15) is 22.3 Å². The fourth-order valence-electron chi connectivity index (χ4n) is 6.61. The molecule has 0 atom stereocenters. The van der Waals surface area contributed by atoms with E-state index in [2.05, 4.69) is 69.8 Å². The Morgan fingerprint density at radius 2 is 0.591 bits per heavy atom. The molecule has 9 rings (SSSR count). The van der Waals surface area contributed by atoms with E-state index in [-0.39, 0.29) is 67.9 Å². The van der Waals surface area contributed by atoms with Crippen LogP contribution in [0.25, 0.3) is 0 Å². The third kappa shape index (κ3) is 15.3. The molecule has 12 heteroatoms. The lowest BCUT2D eigenvalue weighted by Gasteiger charge is -2.24. The summed E-state index contributed by atoms with van der Waals surface area (Å²) in [5.41, 5.74) is 5.90. The first kappa shape index (κ1) is 42.1. The SMILES string of the molecule is [Br-].[Br-].[Br-].[Br-].c1cc2cc(c1)C[NH+]1CCNCC[NH+](CCNCC1)Cc1ccc(cc1)C[NH+]1CCNCC[NH+](CCNCC1)C2. The largest absolute Gasteiger partial charge is 1.00 e. The first-order valence-corrected chi connectivity index (χ1v) is 16.1. The molecule has 0 unspecified atom stereocenters. The molecule has 44 heavy (non-hydrogen) atoms. The van der Waals surface area contributed by atoms with E-state index in [4.69, 9.17) is 0 Å². The van der Waals surface area contributed by atoms with Crippen LogP contribution in [0.4, 0.5) is 0 Å². The molecular formula is C32H56Br4N8.